The summed E-state index contributed by atoms with van der Waals surface area (Å²) in [6.07, 6.45) is 8.52. The highest BCUT2D eigenvalue weighted by Gasteiger charge is 2.56. The molecule has 4 aliphatic rings. The minimum Gasteiger partial charge on any atom is -0.393 e. The standard InChI is InChI=1S/C33H38O2/c1-19-15-20(2)31(21(3)16-19)23-7-5-22(6-8-23)28-18-33(4)29(13-14-30(33)35)27-11-9-24-17-25(34)10-12-26(24)32(27)28/h5-8,15-17,27-30,35H,9-14,18H2,1-4H3. The van der Waals surface area contributed by atoms with Gasteiger partial charge < -0.3 is 5.11 Å². The van der Waals surface area contributed by atoms with E-state index in [0.29, 0.717) is 30.0 Å². The molecular weight excluding hydrogens is 428 g/mol. The number of fused-ring (bicyclic) bond motifs is 4. The molecule has 2 heteroatoms. The Balaban J connectivity index is 1.45. The molecule has 0 bridgehead atoms. The number of allylic oxidation sites excluding steroid dienone is 4. The maximum atomic E-state index is 12.2. The van der Waals surface area contributed by atoms with Crippen LogP contribution in [0.2, 0.25) is 0 Å². The molecule has 0 spiro atoms. The molecule has 0 amide bonds. The smallest absolute Gasteiger partial charge is 0.156 e. The Hall–Kier alpha value is -2.45. The Kier molecular flexibility index (Phi) is 5.45. The summed E-state index contributed by atoms with van der Waals surface area (Å²) in [5.74, 6) is 1.73. The van der Waals surface area contributed by atoms with E-state index in [9.17, 15) is 9.90 Å². The van der Waals surface area contributed by atoms with E-state index in [1.807, 2.05) is 6.08 Å². The third kappa shape index (κ3) is 3.59. The second-order valence-corrected chi connectivity index (χ2v) is 12.1. The molecule has 2 aromatic carbocycles. The highest BCUT2D eigenvalue weighted by Crippen LogP contribution is 2.63. The summed E-state index contributed by atoms with van der Waals surface area (Å²) < 4.78 is 0. The fourth-order valence-corrected chi connectivity index (χ4v) is 8.45. The minimum atomic E-state index is -0.205. The molecule has 182 valence electrons. The van der Waals surface area contributed by atoms with E-state index in [1.165, 1.54) is 44.5 Å². The van der Waals surface area contributed by atoms with Gasteiger partial charge in [-0.25, -0.2) is 0 Å². The highest BCUT2D eigenvalue weighted by molar-refractivity contribution is 5.93. The Morgan fingerprint density at radius 3 is 2.34 bits per heavy atom. The maximum Gasteiger partial charge on any atom is 0.156 e. The van der Waals surface area contributed by atoms with Gasteiger partial charge >= 0.3 is 0 Å². The van der Waals surface area contributed by atoms with Crippen molar-refractivity contribution in [1.82, 2.24) is 0 Å². The summed E-state index contributed by atoms with van der Waals surface area (Å²) in [6, 6.07) is 13.9. The first-order valence-corrected chi connectivity index (χ1v) is 13.6. The first kappa shape index (κ1) is 23.0. The number of aliphatic hydroxyl groups excluding tert-OH is 1. The zero-order valence-corrected chi connectivity index (χ0v) is 21.7. The van der Waals surface area contributed by atoms with E-state index in [0.717, 1.165) is 38.5 Å². The third-order valence-corrected chi connectivity index (χ3v) is 9.96. The molecule has 0 aliphatic heterocycles. The molecule has 0 heterocycles. The molecule has 5 unspecified atom stereocenters. The number of rotatable bonds is 2. The van der Waals surface area contributed by atoms with Crippen LogP contribution in [0.3, 0.4) is 0 Å². The molecule has 35 heavy (non-hydrogen) atoms. The van der Waals surface area contributed by atoms with Crippen LogP contribution in [-0.4, -0.2) is 17.0 Å². The highest BCUT2D eigenvalue weighted by atomic mass is 16.3. The van der Waals surface area contributed by atoms with Crippen molar-refractivity contribution < 1.29 is 9.90 Å². The van der Waals surface area contributed by atoms with Crippen LogP contribution in [0.25, 0.3) is 11.1 Å². The van der Waals surface area contributed by atoms with Crippen LogP contribution in [0.15, 0.2) is 59.2 Å². The summed E-state index contributed by atoms with van der Waals surface area (Å²) in [5.41, 5.74) is 12.4. The first-order chi connectivity index (χ1) is 16.8. The normalized spacial score (nSPS) is 32.1. The van der Waals surface area contributed by atoms with Gasteiger partial charge in [-0.1, -0.05) is 54.5 Å². The predicted octanol–water partition coefficient (Wildman–Crippen LogP) is 7.54. The lowest BCUT2D eigenvalue weighted by atomic mass is 9.53. The fraction of sp³-hybridized carbons (Fsp3) is 0.485. The number of hydrogen-bond donors (Lipinski definition) is 1. The molecule has 0 radical (unpaired) electrons. The lowest BCUT2D eigenvalue weighted by Crippen LogP contribution is -2.45. The Morgan fingerprint density at radius 1 is 0.914 bits per heavy atom. The van der Waals surface area contributed by atoms with Gasteiger partial charge in [-0.2, -0.15) is 0 Å². The number of hydrogen-bond acceptors (Lipinski definition) is 2. The Labute approximate surface area is 210 Å². The molecule has 4 aliphatic carbocycles. The van der Waals surface area contributed by atoms with Gasteiger partial charge in [0.15, 0.2) is 5.78 Å². The fourth-order valence-electron chi connectivity index (χ4n) is 8.45. The Bertz CT molecular complexity index is 1240. The van der Waals surface area contributed by atoms with Crippen LogP contribution < -0.4 is 0 Å². The summed E-state index contributed by atoms with van der Waals surface area (Å²) in [6.45, 7) is 8.94. The van der Waals surface area contributed by atoms with Gasteiger partial charge in [0.1, 0.15) is 0 Å². The predicted molar refractivity (Wildman–Crippen MR) is 142 cm³/mol. The second kappa shape index (κ2) is 8.30. The molecule has 6 rings (SSSR count). The number of carbonyl (C=O) groups is 1. The summed E-state index contributed by atoms with van der Waals surface area (Å²) in [5, 5.41) is 11.1. The molecule has 5 atom stereocenters. The molecule has 2 nitrogen and oxygen atoms in total. The van der Waals surface area contributed by atoms with E-state index in [-0.39, 0.29) is 11.5 Å². The zero-order valence-electron chi connectivity index (χ0n) is 21.7. The van der Waals surface area contributed by atoms with Crippen LogP contribution in [0.4, 0.5) is 0 Å². The number of aryl methyl sites for hydroxylation is 3. The zero-order chi connectivity index (χ0) is 24.5. The Morgan fingerprint density at radius 2 is 1.63 bits per heavy atom. The van der Waals surface area contributed by atoms with E-state index in [2.05, 4.69) is 64.1 Å². The van der Waals surface area contributed by atoms with Gasteiger partial charge in [-0.3, -0.25) is 4.79 Å². The summed E-state index contributed by atoms with van der Waals surface area (Å²) in [4.78, 5) is 12.2. The lowest BCUT2D eigenvalue weighted by molar-refractivity contribution is -0.114. The third-order valence-electron chi connectivity index (χ3n) is 9.96. The monoisotopic (exact) mass is 466 g/mol. The quantitative estimate of drug-likeness (QED) is 0.496. The first-order valence-electron chi connectivity index (χ1n) is 13.6. The van der Waals surface area contributed by atoms with Crippen molar-refractivity contribution in [3.05, 3.63) is 81.4 Å². The van der Waals surface area contributed by atoms with Gasteiger partial charge in [0.25, 0.3) is 0 Å². The van der Waals surface area contributed by atoms with Gasteiger partial charge in [0.05, 0.1) is 6.10 Å². The van der Waals surface area contributed by atoms with Crippen molar-refractivity contribution in [1.29, 1.82) is 0 Å². The van der Waals surface area contributed by atoms with E-state index in [1.54, 1.807) is 5.57 Å². The minimum absolute atomic E-state index is 0.0199. The summed E-state index contributed by atoms with van der Waals surface area (Å²) >= 11 is 0. The molecule has 0 aromatic heterocycles. The van der Waals surface area contributed by atoms with Crippen molar-refractivity contribution in [2.75, 3.05) is 0 Å². The van der Waals surface area contributed by atoms with E-state index < -0.39 is 0 Å². The van der Waals surface area contributed by atoms with Gasteiger partial charge in [-0.05, 0) is 122 Å². The van der Waals surface area contributed by atoms with Crippen LogP contribution in [0.1, 0.15) is 80.0 Å². The van der Waals surface area contributed by atoms with Crippen LogP contribution in [-0.2, 0) is 4.79 Å². The lowest BCUT2D eigenvalue weighted by Gasteiger charge is -2.52. The van der Waals surface area contributed by atoms with Gasteiger partial charge in [-0.15, -0.1) is 0 Å². The van der Waals surface area contributed by atoms with Crippen LogP contribution in [0.5, 0.6) is 0 Å². The van der Waals surface area contributed by atoms with E-state index in [4.69, 9.17) is 0 Å². The van der Waals surface area contributed by atoms with Crippen molar-refractivity contribution in [3.8, 4) is 11.1 Å². The SMILES string of the molecule is Cc1cc(C)c(-c2ccc(C3CC4(C)C(O)CCC4C4CCC5=CC(=O)CCC5=C34)cc2)c(C)c1. The summed E-state index contributed by atoms with van der Waals surface area (Å²) in [7, 11) is 0. The van der Waals surface area contributed by atoms with Crippen molar-refractivity contribution >= 4 is 5.78 Å². The number of ketones is 1. The number of benzene rings is 2. The van der Waals surface area contributed by atoms with Gasteiger partial charge in [0, 0.05) is 12.3 Å². The van der Waals surface area contributed by atoms with Crippen LogP contribution in [0, 0.1) is 38.0 Å². The molecule has 2 saturated carbocycles. The molecular formula is C33H38O2. The average Bonchev–Trinajstić information content (AvgIpc) is 3.12. The average molecular weight is 467 g/mol. The van der Waals surface area contributed by atoms with Gasteiger partial charge in [0.2, 0.25) is 0 Å². The van der Waals surface area contributed by atoms with Crippen LogP contribution >= 0.6 is 0 Å². The number of carbonyl (C=O) groups excluding carboxylic acids is 1. The molecule has 2 aromatic rings. The van der Waals surface area contributed by atoms with Crippen molar-refractivity contribution in [2.45, 2.75) is 84.7 Å². The maximum absolute atomic E-state index is 12.2. The molecule has 0 saturated heterocycles. The topological polar surface area (TPSA) is 37.3 Å². The van der Waals surface area contributed by atoms with Crippen molar-refractivity contribution in [2.24, 2.45) is 17.3 Å². The molecule has 1 N–H and O–H groups in total. The second-order valence-electron chi connectivity index (χ2n) is 12.1. The van der Waals surface area contributed by atoms with E-state index >= 15 is 0 Å². The van der Waals surface area contributed by atoms with Crippen molar-refractivity contribution in [3.63, 3.8) is 0 Å². The largest absolute Gasteiger partial charge is 0.393 e. The number of aliphatic hydroxyl groups is 1. The molecule has 2 fully saturated rings.